The highest BCUT2D eigenvalue weighted by atomic mass is 32.2. The lowest BCUT2D eigenvalue weighted by Crippen LogP contribution is -2.37. The van der Waals surface area contributed by atoms with Crippen LogP contribution in [0, 0.1) is 10.7 Å². The summed E-state index contributed by atoms with van der Waals surface area (Å²) in [6.45, 7) is 4.18. The van der Waals surface area contributed by atoms with Crippen molar-refractivity contribution < 1.29 is 3.89 Å². The van der Waals surface area contributed by atoms with Gasteiger partial charge in [-0.05, 0) is 12.8 Å². The molecule has 0 saturated carbocycles. The first-order chi connectivity index (χ1) is 6.72. The summed E-state index contributed by atoms with van der Waals surface area (Å²) in [6, 6.07) is 0. The van der Waals surface area contributed by atoms with E-state index in [4.69, 9.17) is 5.26 Å². The maximum Gasteiger partial charge on any atom is 0.202 e. The topological polar surface area (TPSA) is 27.0 Å². The van der Waals surface area contributed by atoms with Gasteiger partial charge in [-0.25, -0.2) is 3.89 Å². The highest BCUT2D eigenvalue weighted by Gasteiger charge is 2.32. The van der Waals surface area contributed by atoms with E-state index in [2.05, 4.69) is 29.6 Å². The summed E-state index contributed by atoms with van der Waals surface area (Å²) in [5.41, 5.74) is 0. The van der Waals surface area contributed by atoms with E-state index in [1.165, 1.54) is 31.2 Å². The minimum atomic E-state index is 0.743. The molecule has 0 aromatic carbocycles. The highest BCUT2D eigenvalue weighted by Crippen LogP contribution is 2.28. The van der Waals surface area contributed by atoms with Gasteiger partial charge in [-0.15, -0.1) is 0 Å². The van der Waals surface area contributed by atoms with Crippen LogP contribution in [0.1, 0.15) is 26.2 Å². The smallest absolute Gasteiger partial charge is 0.202 e. The Hall–Kier alpha value is -0.660. The molecule has 78 valence electrons. The average molecular weight is 212 g/mol. The first-order valence-corrected chi connectivity index (χ1v) is 5.84. The Morgan fingerprint density at radius 2 is 2.36 bits per heavy atom. The Kier molecular flexibility index (Phi) is 4.30. The number of nitriles is 1. The van der Waals surface area contributed by atoms with Crippen molar-refractivity contribution in [2.45, 2.75) is 26.2 Å². The van der Waals surface area contributed by atoms with E-state index >= 15 is 0 Å². The van der Waals surface area contributed by atoms with Gasteiger partial charge in [-0.3, -0.25) is 0 Å². The van der Waals surface area contributed by atoms with E-state index in [1.807, 2.05) is 7.05 Å². The molecule has 1 aliphatic heterocycles. The molecule has 0 aliphatic carbocycles. The van der Waals surface area contributed by atoms with Gasteiger partial charge in [0.25, 0.3) is 0 Å². The van der Waals surface area contributed by atoms with Gasteiger partial charge >= 0.3 is 0 Å². The van der Waals surface area contributed by atoms with E-state index in [0.717, 1.165) is 17.1 Å². The fourth-order valence-electron chi connectivity index (χ4n) is 1.67. The molecule has 0 amide bonds. The molecule has 1 aliphatic rings. The van der Waals surface area contributed by atoms with Gasteiger partial charge < -0.3 is 4.90 Å². The first-order valence-electron chi connectivity index (χ1n) is 5.06. The largest absolute Gasteiger partial charge is 0.328 e. The Labute approximate surface area is 90.7 Å². The second-order valence-corrected chi connectivity index (χ2v) is 4.85. The Morgan fingerprint density at radius 3 is 2.86 bits per heavy atom. The van der Waals surface area contributed by atoms with Crippen molar-refractivity contribution in [1.82, 2.24) is 4.90 Å². The normalized spacial score (nSPS) is 25.4. The summed E-state index contributed by atoms with van der Waals surface area (Å²) in [4.78, 5) is 2.14. The summed E-state index contributed by atoms with van der Waals surface area (Å²) >= 11 is 1.36. The maximum atomic E-state index is 8.78. The van der Waals surface area contributed by atoms with Crippen molar-refractivity contribution in [1.29, 1.82) is 5.26 Å². The van der Waals surface area contributed by atoms with Crippen molar-refractivity contribution in [3.63, 3.8) is 0 Å². The molecule has 1 rings (SSSR count). The van der Waals surface area contributed by atoms with Gasteiger partial charge in [-0.2, -0.15) is 5.26 Å². The van der Waals surface area contributed by atoms with E-state index < -0.39 is 0 Å². The maximum absolute atomic E-state index is 8.78. The van der Waals surface area contributed by atoms with Crippen LogP contribution >= 0.6 is 11.9 Å². The van der Waals surface area contributed by atoms with Crippen LogP contribution in [0.15, 0.2) is 12.4 Å². The molecule has 14 heavy (non-hydrogen) atoms. The first kappa shape index (κ1) is 11.4. The number of rotatable bonds is 5. The molecule has 0 radical (unpaired) electrons. The van der Waals surface area contributed by atoms with Crippen LogP contribution in [0.5, 0.6) is 0 Å². The number of thiocyanates is 1. The average Bonchev–Trinajstić information content (AvgIpc) is 2.49. The van der Waals surface area contributed by atoms with Crippen LogP contribution in [-0.2, 0) is 0 Å². The monoisotopic (exact) mass is 212 g/mol. The summed E-state index contributed by atoms with van der Waals surface area (Å²) < 4.78 is 0.743. The van der Waals surface area contributed by atoms with Crippen LogP contribution in [-0.4, -0.2) is 29.0 Å². The molecule has 1 unspecified atom stereocenters. The van der Waals surface area contributed by atoms with Gasteiger partial charge in [0.05, 0.1) is 12.7 Å². The summed E-state index contributed by atoms with van der Waals surface area (Å²) in [5.74, 6) is 0. The number of nitrogens with zero attached hydrogens (tertiary/aromatic N) is 3. The van der Waals surface area contributed by atoms with Gasteiger partial charge in [0, 0.05) is 7.05 Å². The molecule has 0 N–H and O–H groups in total. The van der Waals surface area contributed by atoms with Gasteiger partial charge in [0.15, 0.2) is 12.1 Å². The molecule has 0 aromatic heterocycles. The lowest BCUT2D eigenvalue weighted by Gasteiger charge is -2.26. The minimum absolute atomic E-state index is 0.743. The van der Waals surface area contributed by atoms with E-state index in [1.54, 1.807) is 0 Å². The third-order valence-corrected chi connectivity index (χ3v) is 3.28. The van der Waals surface area contributed by atoms with Crippen molar-refractivity contribution >= 4 is 11.9 Å². The minimum Gasteiger partial charge on any atom is -0.328 e. The second kappa shape index (κ2) is 5.28. The standard InChI is InChI=1S/C10H18N3S/c1-3-4-5-7-13(14-9-11)8-6-12(2)10-13/h6,8H,3-5,7,10H2,1-2H3/q+1. The second-order valence-electron chi connectivity index (χ2n) is 3.76. The molecular weight excluding hydrogens is 194 g/mol. The van der Waals surface area contributed by atoms with Crippen LogP contribution in [0.3, 0.4) is 0 Å². The van der Waals surface area contributed by atoms with E-state index in [-0.39, 0.29) is 0 Å². The van der Waals surface area contributed by atoms with Crippen LogP contribution in [0.2, 0.25) is 0 Å². The molecule has 1 heterocycles. The van der Waals surface area contributed by atoms with Crippen molar-refractivity contribution in [3.8, 4) is 5.40 Å². The number of unbranched alkanes of at least 4 members (excludes halogenated alkanes) is 2. The Balaban J connectivity index is 2.48. The summed E-state index contributed by atoms with van der Waals surface area (Å²) in [5, 5.41) is 11.0. The van der Waals surface area contributed by atoms with E-state index in [0.29, 0.717) is 0 Å². The summed E-state index contributed by atoms with van der Waals surface area (Å²) in [7, 11) is 2.05. The molecule has 0 saturated heterocycles. The zero-order chi connectivity index (χ0) is 10.4. The molecule has 1 atom stereocenters. The summed E-state index contributed by atoms with van der Waals surface area (Å²) in [6.07, 6.45) is 7.88. The Bertz CT molecular complexity index is 246. The molecule has 0 aromatic rings. The molecular formula is C10H18N3S+. The molecule has 0 bridgehead atoms. The van der Waals surface area contributed by atoms with Crippen LogP contribution in [0.4, 0.5) is 0 Å². The van der Waals surface area contributed by atoms with Crippen molar-refractivity contribution in [2.24, 2.45) is 0 Å². The van der Waals surface area contributed by atoms with E-state index in [9.17, 15) is 0 Å². The Morgan fingerprint density at radius 1 is 1.57 bits per heavy atom. The number of quaternary nitrogens is 1. The third-order valence-electron chi connectivity index (χ3n) is 2.42. The third kappa shape index (κ3) is 2.93. The fourth-order valence-corrected chi connectivity index (χ4v) is 2.41. The lowest BCUT2D eigenvalue weighted by atomic mass is 10.2. The SMILES string of the molecule is CCCCC[N+]1(SC#N)C=CN(C)C1. The van der Waals surface area contributed by atoms with Crippen molar-refractivity contribution in [2.75, 3.05) is 20.3 Å². The molecule has 0 spiro atoms. The fraction of sp³-hybridized carbons (Fsp3) is 0.700. The predicted octanol–water partition coefficient (Wildman–Crippen LogP) is 2.50. The molecule has 4 heteroatoms. The van der Waals surface area contributed by atoms with Gasteiger partial charge in [0.2, 0.25) is 11.9 Å². The quantitative estimate of drug-likeness (QED) is 0.303. The zero-order valence-corrected chi connectivity index (χ0v) is 9.76. The van der Waals surface area contributed by atoms with Gasteiger partial charge in [-0.1, -0.05) is 13.3 Å². The zero-order valence-electron chi connectivity index (χ0n) is 8.94. The van der Waals surface area contributed by atoms with Crippen molar-refractivity contribution in [3.05, 3.63) is 12.4 Å². The van der Waals surface area contributed by atoms with Gasteiger partial charge in [0.1, 0.15) is 6.20 Å². The predicted molar refractivity (Wildman–Crippen MR) is 59.6 cm³/mol. The van der Waals surface area contributed by atoms with Crippen LogP contribution in [0.25, 0.3) is 0 Å². The lowest BCUT2D eigenvalue weighted by molar-refractivity contribution is -0.742. The number of hydrogen-bond acceptors (Lipinski definition) is 3. The molecule has 3 nitrogen and oxygen atoms in total. The number of hydrogen-bond donors (Lipinski definition) is 0. The highest BCUT2D eigenvalue weighted by molar-refractivity contribution is 7.98. The molecule has 0 fully saturated rings. The van der Waals surface area contributed by atoms with Crippen LogP contribution < -0.4 is 0 Å².